The molecule has 0 fully saturated rings. The van der Waals surface area contributed by atoms with Crippen LogP contribution in [0.3, 0.4) is 0 Å². The molecule has 1 heterocycles. The van der Waals surface area contributed by atoms with Crippen LogP contribution < -0.4 is 10.6 Å². The maximum absolute atomic E-state index is 12.9. The number of nitrogens with zero attached hydrogens (tertiary/aromatic N) is 2. The summed E-state index contributed by atoms with van der Waals surface area (Å²) in [5.41, 5.74) is 1.50. The second-order valence-corrected chi connectivity index (χ2v) is 4.96. The molecule has 6 heteroatoms. The normalized spacial score (nSPS) is 10.3. The highest BCUT2D eigenvalue weighted by molar-refractivity contribution is 6.03. The van der Waals surface area contributed by atoms with Crippen LogP contribution in [0.5, 0.6) is 0 Å². The highest BCUT2D eigenvalue weighted by Crippen LogP contribution is 2.11. The van der Waals surface area contributed by atoms with Crippen LogP contribution in [0, 0.1) is 12.7 Å². The van der Waals surface area contributed by atoms with Crippen LogP contribution >= 0.6 is 0 Å². The molecule has 1 amide bonds. The molecule has 0 aliphatic rings. The van der Waals surface area contributed by atoms with E-state index in [0.717, 1.165) is 19.4 Å². The minimum Gasteiger partial charge on any atom is -0.354 e. The SMILES string of the molecule is CCCCNc1nc(C)cc(C(=O)Nc2ccc(F)cc2)n1. The maximum Gasteiger partial charge on any atom is 0.274 e. The van der Waals surface area contributed by atoms with Gasteiger partial charge >= 0.3 is 0 Å². The second kappa shape index (κ2) is 7.49. The van der Waals surface area contributed by atoms with Gasteiger partial charge in [0.15, 0.2) is 0 Å². The summed E-state index contributed by atoms with van der Waals surface area (Å²) in [7, 11) is 0. The number of hydrogen-bond donors (Lipinski definition) is 2. The molecular formula is C16H19FN4O. The zero-order chi connectivity index (χ0) is 15.9. The largest absolute Gasteiger partial charge is 0.354 e. The summed E-state index contributed by atoms with van der Waals surface area (Å²) in [5.74, 6) is -0.258. The number of carbonyl (C=O) groups excluding carboxylic acids is 1. The Kier molecular flexibility index (Phi) is 5.41. The molecule has 116 valence electrons. The van der Waals surface area contributed by atoms with Crippen molar-refractivity contribution in [3.8, 4) is 0 Å². The zero-order valence-electron chi connectivity index (χ0n) is 12.7. The van der Waals surface area contributed by atoms with E-state index in [1.54, 1.807) is 13.0 Å². The van der Waals surface area contributed by atoms with E-state index in [4.69, 9.17) is 0 Å². The summed E-state index contributed by atoms with van der Waals surface area (Å²) in [4.78, 5) is 20.7. The van der Waals surface area contributed by atoms with Crippen molar-refractivity contribution in [3.05, 3.63) is 47.5 Å². The van der Waals surface area contributed by atoms with Gasteiger partial charge in [0.05, 0.1) is 0 Å². The molecule has 22 heavy (non-hydrogen) atoms. The summed E-state index contributed by atoms with van der Waals surface area (Å²) in [6.45, 7) is 4.67. The number of aromatic nitrogens is 2. The molecule has 2 N–H and O–H groups in total. The van der Waals surface area contributed by atoms with E-state index in [1.807, 2.05) is 0 Å². The van der Waals surface area contributed by atoms with E-state index >= 15 is 0 Å². The number of hydrogen-bond acceptors (Lipinski definition) is 4. The summed E-state index contributed by atoms with van der Waals surface area (Å²) in [5, 5.41) is 5.78. The Morgan fingerprint density at radius 1 is 1.23 bits per heavy atom. The topological polar surface area (TPSA) is 66.9 Å². The molecule has 5 nitrogen and oxygen atoms in total. The fourth-order valence-electron chi connectivity index (χ4n) is 1.87. The lowest BCUT2D eigenvalue weighted by Gasteiger charge is -2.08. The number of nitrogens with one attached hydrogen (secondary N) is 2. The predicted molar refractivity (Wildman–Crippen MR) is 84.5 cm³/mol. The highest BCUT2D eigenvalue weighted by Gasteiger charge is 2.11. The summed E-state index contributed by atoms with van der Waals surface area (Å²) in [6, 6.07) is 7.20. The van der Waals surface area contributed by atoms with Crippen LogP contribution in [-0.2, 0) is 0 Å². The quantitative estimate of drug-likeness (QED) is 0.803. The number of anilines is 2. The summed E-state index contributed by atoms with van der Waals surface area (Å²) < 4.78 is 12.9. The van der Waals surface area contributed by atoms with Crippen molar-refractivity contribution in [1.82, 2.24) is 9.97 Å². The molecule has 1 aromatic carbocycles. The second-order valence-electron chi connectivity index (χ2n) is 4.96. The van der Waals surface area contributed by atoms with Crippen molar-refractivity contribution in [1.29, 1.82) is 0 Å². The molecule has 1 aromatic heterocycles. The third-order valence-corrected chi connectivity index (χ3v) is 3.00. The molecule has 0 saturated heterocycles. The highest BCUT2D eigenvalue weighted by atomic mass is 19.1. The first-order valence-corrected chi connectivity index (χ1v) is 7.25. The first-order valence-electron chi connectivity index (χ1n) is 7.25. The first kappa shape index (κ1) is 15.9. The van der Waals surface area contributed by atoms with Crippen LogP contribution in [0.15, 0.2) is 30.3 Å². The molecule has 0 aliphatic heterocycles. The third kappa shape index (κ3) is 4.51. The smallest absolute Gasteiger partial charge is 0.274 e. The number of aryl methyl sites for hydroxylation is 1. The summed E-state index contributed by atoms with van der Waals surface area (Å²) >= 11 is 0. The summed E-state index contributed by atoms with van der Waals surface area (Å²) in [6.07, 6.45) is 2.07. The monoisotopic (exact) mass is 302 g/mol. The van der Waals surface area contributed by atoms with Gasteiger partial charge in [0.25, 0.3) is 5.91 Å². The van der Waals surface area contributed by atoms with Gasteiger partial charge in [-0.1, -0.05) is 13.3 Å². The van der Waals surface area contributed by atoms with E-state index in [0.29, 0.717) is 17.3 Å². The number of benzene rings is 1. The Balaban J connectivity index is 2.09. The minimum absolute atomic E-state index is 0.274. The van der Waals surface area contributed by atoms with Gasteiger partial charge in [-0.2, -0.15) is 0 Å². The van der Waals surface area contributed by atoms with E-state index < -0.39 is 0 Å². The zero-order valence-corrected chi connectivity index (χ0v) is 12.7. The molecule has 0 spiro atoms. The molecule has 0 unspecified atom stereocenters. The van der Waals surface area contributed by atoms with Crippen molar-refractivity contribution in [2.24, 2.45) is 0 Å². The van der Waals surface area contributed by atoms with Gasteiger partial charge in [-0.25, -0.2) is 14.4 Å². The molecule has 0 radical (unpaired) electrons. The Labute approximate surface area is 129 Å². The van der Waals surface area contributed by atoms with E-state index in [9.17, 15) is 9.18 Å². The fourth-order valence-corrected chi connectivity index (χ4v) is 1.87. The van der Waals surface area contributed by atoms with Crippen LogP contribution in [0.4, 0.5) is 16.0 Å². The van der Waals surface area contributed by atoms with Crippen molar-refractivity contribution in [2.45, 2.75) is 26.7 Å². The predicted octanol–water partition coefficient (Wildman–Crippen LogP) is 3.39. The van der Waals surface area contributed by atoms with Crippen molar-refractivity contribution < 1.29 is 9.18 Å². The number of carbonyl (C=O) groups is 1. The van der Waals surface area contributed by atoms with Crippen LogP contribution in [0.1, 0.15) is 35.9 Å². The van der Waals surface area contributed by atoms with Gasteiger partial charge in [-0.15, -0.1) is 0 Å². The first-order chi connectivity index (χ1) is 10.6. The average molecular weight is 302 g/mol. The molecule has 2 rings (SSSR count). The van der Waals surface area contributed by atoms with Crippen molar-refractivity contribution in [3.63, 3.8) is 0 Å². The Morgan fingerprint density at radius 3 is 2.64 bits per heavy atom. The van der Waals surface area contributed by atoms with Gasteiger partial charge in [-0.3, -0.25) is 4.79 Å². The van der Waals surface area contributed by atoms with Crippen LogP contribution in [0.2, 0.25) is 0 Å². The molecule has 0 saturated carbocycles. The lowest BCUT2D eigenvalue weighted by Crippen LogP contribution is -2.16. The molecule has 0 atom stereocenters. The maximum atomic E-state index is 12.9. The fraction of sp³-hybridized carbons (Fsp3) is 0.312. The third-order valence-electron chi connectivity index (χ3n) is 3.00. The van der Waals surface area contributed by atoms with Crippen LogP contribution in [0.25, 0.3) is 0 Å². The van der Waals surface area contributed by atoms with Gasteiger partial charge in [0.2, 0.25) is 5.95 Å². The number of unbranched alkanes of at least 4 members (excludes halogenated alkanes) is 1. The lowest BCUT2D eigenvalue weighted by molar-refractivity contribution is 0.102. The van der Waals surface area contributed by atoms with Crippen molar-refractivity contribution in [2.75, 3.05) is 17.2 Å². The standard InChI is InChI=1S/C16H19FN4O/c1-3-4-9-18-16-19-11(2)10-14(21-16)15(22)20-13-7-5-12(17)6-8-13/h5-8,10H,3-4,9H2,1-2H3,(H,20,22)(H,18,19,21). The van der Waals surface area contributed by atoms with Crippen molar-refractivity contribution >= 4 is 17.5 Å². The molecule has 0 aliphatic carbocycles. The molecular weight excluding hydrogens is 283 g/mol. The lowest BCUT2D eigenvalue weighted by atomic mass is 10.2. The number of amides is 1. The van der Waals surface area contributed by atoms with Gasteiger partial charge in [0, 0.05) is 17.9 Å². The Morgan fingerprint density at radius 2 is 1.95 bits per heavy atom. The van der Waals surface area contributed by atoms with E-state index in [-0.39, 0.29) is 17.4 Å². The number of halogens is 1. The van der Waals surface area contributed by atoms with Gasteiger partial charge in [0.1, 0.15) is 11.5 Å². The minimum atomic E-state index is -0.351. The Bertz CT molecular complexity index is 643. The Hall–Kier alpha value is -2.50. The molecule has 0 bridgehead atoms. The van der Waals surface area contributed by atoms with Gasteiger partial charge < -0.3 is 10.6 Å². The van der Waals surface area contributed by atoms with Crippen LogP contribution in [-0.4, -0.2) is 22.4 Å². The van der Waals surface area contributed by atoms with Gasteiger partial charge in [-0.05, 0) is 43.7 Å². The number of rotatable bonds is 6. The average Bonchev–Trinajstić information content (AvgIpc) is 2.49. The molecule has 2 aromatic rings. The van der Waals surface area contributed by atoms with E-state index in [2.05, 4.69) is 27.5 Å². The van der Waals surface area contributed by atoms with E-state index in [1.165, 1.54) is 24.3 Å².